The maximum atomic E-state index is 14.4. The molecule has 0 bridgehead atoms. The summed E-state index contributed by atoms with van der Waals surface area (Å²) in [6.07, 6.45) is 2.44. The van der Waals surface area contributed by atoms with Crippen molar-refractivity contribution in [2.24, 2.45) is 0 Å². The lowest BCUT2D eigenvalue weighted by atomic mass is 9.96. The van der Waals surface area contributed by atoms with Gasteiger partial charge in [-0.3, -0.25) is 9.59 Å². The van der Waals surface area contributed by atoms with Crippen LogP contribution in [0.2, 0.25) is 0 Å². The van der Waals surface area contributed by atoms with Gasteiger partial charge in [-0.1, -0.05) is 18.2 Å². The third kappa shape index (κ3) is 3.64. The van der Waals surface area contributed by atoms with Gasteiger partial charge in [0.1, 0.15) is 11.6 Å². The fourth-order valence-corrected chi connectivity index (χ4v) is 4.41. The second-order valence-corrected chi connectivity index (χ2v) is 8.14. The Labute approximate surface area is 184 Å². The van der Waals surface area contributed by atoms with Crippen molar-refractivity contribution in [3.63, 3.8) is 0 Å². The number of rotatable bonds is 4. The molecule has 5 rings (SSSR count). The second kappa shape index (κ2) is 8.15. The largest absolute Gasteiger partial charge is 0.346 e. The Balaban J connectivity index is 1.49. The van der Waals surface area contributed by atoms with Gasteiger partial charge < -0.3 is 10.2 Å². The molecule has 2 aromatic carbocycles. The molecule has 0 saturated carbocycles. The summed E-state index contributed by atoms with van der Waals surface area (Å²) < 4.78 is 28.7. The zero-order valence-electron chi connectivity index (χ0n) is 17.3. The van der Waals surface area contributed by atoms with Gasteiger partial charge in [-0.2, -0.15) is 0 Å². The van der Waals surface area contributed by atoms with Gasteiger partial charge in [0.2, 0.25) is 0 Å². The molecule has 1 aromatic heterocycles. The van der Waals surface area contributed by atoms with Crippen LogP contribution in [-0.2, 0) is 13.0 Å². The van der Waals surface area contributed by atoms with E-state index in [1.54, 1.807) is 18.2 Å². The summed E-state index contributed by atoms with van der Waals surface area (Å²) in [5.41, 5.74) is 3.03. The molecule has 162 valence electrons. The lowest BCUT2D eigenvalue weighted by Gasteiger charge is -2.15. The molecule has 2 aliphatic heterocycles. The summed E-state index contributed by atoms with van der Waals surface area (Å²) in [4.78, 5) is 31.2. The van der Waals surface area contributed by atoms with Crippen LogP contribution in [0.5, 0.6) is 0 Å². The van der Waals surface area contributed by atoms with Gasteiger partial charge in [0.05, 0.1) is 29.1 Å². The summed E-state index contributed by atoms with van der Waals surface area (Å²) in [7, 11) is 0. The first kappa shape index (κ1) is 20.3. The summed E-state index contributed by atoms with van der Waals surface area (Å²) in [6.45, 7) is 1.79. The van der Waals surface area contributed by atoms with E-state index in [9.17, 15) is 18.4 Å². The molecule has 0 unspecified atom stereocenters. The standard InChI is InChI=1S/C25H21F2N3O2/c26-18-4-3-5-19(27)23(18)20-13-17(22-21(29-20)14-28-24(22)31)12-15-6-8-16(9-7-15)25(32)30-10-1-2-11-30/h3-9,13H,1-2,10-12,14H2,(H,28,31). The number of nitrogens with zero attached hydrogens (tertiary/aromatic N) is 2. The van der Waals surface area contributed by atoms with Crippen molar-refractivity contribution >= 4 is 11.8 Å². The minimum atomic E-state index is -0.703. The van der Waals surface area contributed by atoms with Crippen LogP contribution in [0.4, 0.5) is 8.78 Å². The average Bonchev–Trinajstić information content (AvgIpc) is 3.44. The van der Waals surface area contributed by atoms with E-state index in [2.05, 4.69) is 10.3 Å². The summed E-state index contributed by atoms with van der Waals surface area (Å²) >= 11 is 0. The van der Waals surface area contributed by atoms with Crippen molar-refractivity contribution in [1.29, 1.82) is 0 Å². The summed E-state index contributed by atoms with van der Waals surface area (Å²) in [5, 5.41) is 2.74. The maximum Gasteiger partial charge on any atom is 0.253 e. The Morgan fingerprint density at radius 3 is 2.38 bits per heavy atom. The Hall–Kier alpha value is -3.61. The van der Waals surface area contributed by atoms with E-state index in [4.69, 9.17) is 0 Å². The Morgan fingerprint density at radius 2 is 1.69 bits per heavy atom. The predicted octanol–water partition coefficient (Wildman–Crippen LogP) is 4.10. The zero-order chi connectivity index (χ0) is 22.2. The molecule has 1 N–H and O–H groups in total. The number of halogens is 2. The van der Waals surface area contributed by atoms with Crippen LogP contribution >= 0.6 is 0 Å². The van der Waals surface area contributed by atoms with Crippen molar-refractivity contribution in [1.82, 2.24) is 15.2 Å². The molecular weight excluding hydrogens is 412 g/mol. The van der Waals surface area contributed by atoms with Crippen molar-refractivity contribution in [3.05, 3.63) is 88.1 Å². The molecule has 2 aliphatic rings. The van der Waals surface area contributed by atoms with Crippen LogP contribution in [-0.4, -0.2) is 34.8 Å². The average molecular weight is 433 g/mol. The number of carbonyl (C=O) groups excluding carboxylic acids is 2. The molecular formula is C25H21F2N3O2. The van der Waals surface area contributed by atoms with Crippen LogP contribution < -0.4 is 5.32 Å². The van der Waals surface area contributed by atoms with Crippen molar-refractivity contribution in [3.8, 4) is 11.3 Å². The van der Waals surface area contributed by atoms with E-state index < -0.39 is 11.6 Å². The normalized spacial score (nSPS) is 15.1. The number of pyridine rings is 1. The molecule has 0 aliphatic carbocycles. The van der Waals surface area contributed by atoms with Crippen molar-refractivity contribution < 1.29 is 18.4 Å². The number of nitrogens with one attached hydrogen (secondary N) is 1. The highest BCUT2D eigenvalue weighted by molar-refractivity contribution is 5.99. The number of hydrogen-bond acceptors (Lipinski definition) is 3. The minimum Gasteiger partial charge on any atom is -0.346 e. The van der Waals surface area contributed by atoms with Crippen LogP contribution in [0.15, 0.2) is 48.5 Å². The van der Waals surface area contributed by atoms with Gasteiger partial charge in [0.25, 0.3) is 11.8 Å². The molecule has 0 atom stereocenters. The number of fused-ring (bicyclic) bond motifs is 1. The number of aromatic nitrogens is 1. The number of benzene rings is 2. The highest BCUT2D eigenvalue weighted by atomic mass is 19.1. The van der Waals surface area contributed by atoms with E-state index in [-0.39, 0.29) is 29.6 Å². The zero-order valence-corrected chi connectivity index (χ0v) is 17.3. The molecule has 0 radical (unpaired) electrons. The molecule has 0 spiro atoms. The van der Waals surface area contributed by atoms with Gasteiger partial charge in [0, 0.05) is 18.7 Å². The second-order valence-electron chi connectivity index (χ2n) is 8.14. The SMILES string of the molecule is O=C1NCc2nc(-c3c(F)cccc3F)cc(Cc3ccc(C(=O)N4CCCC4)cc3)c21. The first-order valence-electron chi connectivity index (χ1n) is 10.6. The van der Waals surface area contributed by atoms with Crippen molar-refractivity contribution in [2.75, 3.05) is 13.1 Å². The third-order valence-corrected chi connectivity index (χ3v) is 6.03. The lowest BCUT2D eigenvalue weighted by Crippen LogP contribution is -2.27. The molecule has 3 heterocycles. The van der Waals surface area contributed by atoms with E-state index >= 15 is 0 Å². The van der Waals surface area contributed by atoms with Gasteiger partial charge in [0.15, 0.2) is 0 Å². The van der Waals surface area contributed by atoms with Gasteiger partial charge in [-0.05, 0) is 60.7 Å². The van der Waals surface area contributed by atoms with E-state index in [1.807, 2.05) is 17.0 Å². The Kier molecular flexibility index (Phi) is 5.17. The Bertz CT molecular complexity index is 1200. The summed E-state index contributed by atoms with van der Waals surface area (Å²) in [6, 6.07) is 12.5. The molecule has 1 saturated heterocycles. The van der Waals surface area contributed by atoms with Crippen LogP contribution in [0.25, 0.3) is 11.3 Å². The van der Waals surface area contributed by atoms with Gasteiger partial charge in [-0.15, -0.1) is 0 Å². The molecule has 3 aromatic rings. The van der Waals surface area contributed by atoms with Gasteiger partial charge >= 0.3 is 0 Å². The molecule has 5 nitrogen and oxygen atoms in total. The highest BCUT2D eigenvalue weighted by Crippen LogP contribution is 2.30. The Morgan fingerprint density at radius 1 is 1.00 bits per heavy atom. The monoisotopic (exact) mass is 433 g/mol. The number of carbonyl (C=O) groups is 2. The predicted molar refractivity (Wildman–Crippen MR) is 115 cm³/mol. The fourth-order valence-electron chi connectivity index (χ4n) is 4.41. The topological polar surface area (TPSA) is 62.3 Å². The van der Waals surface area contributed by atoms with Crippen LogP contribution in [0.3, 0.4) is 0 Å². The molecule has 1 fully saturated rings. The van der Waals surface area contributed by atoms with Gasteiger partial charge in [-0.25, -0.2) is 13.8 Å². The highest BCUT2D eigenvalue weighted by Gasteiger charge is 2.27. The van der Waals surface area contributed by atoms with E-state index in [0.717, 1.165) is 31.5 Å². The smallest absolute Gasteiger partial charge is 0.253 e. The van der Waals surface area contributed by atoms with E-state index in [1.165, 1.54) is 18.2 Å². The fraction of sp³-hybridized carbons (Fsp3) is 0.240. The van der Waals surface area contributed by atoms with Crippen LogP contribution in [0, 0.1) is 11.6 Å². The minimum absolute atomic E-state index is 0.0237. The number of likely N-dealkylation sites (tertiary alicyclic amines) is 1. The van der Waals surface area contributed by atoms with Crippen molar-refractivity contribution in [2.45, 2.75) is 25.8 Å². The maximum absolute atomic E-state index is 14.4. The number of hydrogen-bond donors (Lipinski definition) is 1. The lowest BCUT2D eigenvalue weighted by molar-refractivity contribution is 0.0792. The summed E-state index contributed by atoms with van der Waals surface area (Å²) in [5.74, 6) is -1.63. The molecule has 2 amide bonds. The first-order chi connectivity index (χ1) is 15.5. The quantitative estimate of drug-likeness (QED) is 0.674. The molecule has 7 heteroatoms. The third-order valence-electron chi connectivity index (χ3n) is 6.03. The van der Waals surface area contributed by atoms with Crippen LogP contribution in [0.1, 0.15) is 50.4 Å². The number of amides is 2. The first-order valence-corrected chi connectivity index (χ1v) is 10.6. The molecule has 32 heavy (non-hydrogen) atoms. The van der Waals surface area contributed by atoms with E-state index in [0.29, 0.717) is 28.8 Å².